The van der Waals surface area contributed by atoms with Gasteiger partial charge in [-0.2, -0.15) is 4.31 Å². The molecule has 1 heterocycles. The van der Waals surface area contributed by atoms with Crippen molar-refractivity contribution in [3.05, 3.63) is 54.1 Å². The van der Waals surface area contributed by atoms with Crippen molar-refractivity contribution in [1.82, 2.24) is 14.5 Å². The molecule has 0 unspecified atom stereocenters. The standard InChI is InChI=1S/C24H28N4O4S2/c1-3-28(19-9-5-4-6-10-19)34(30,31)21-14-12-17(13-15-21)22(29)25-24-27-26-23(32-24)18-8-7-11-20(16-18)33-2/h7-8,11-16,19H,3-6,9-10H2,1-2H3,(H,25,27,29). The summed E-state index contributed by atoms with van der Waals surface area (Å²) in [5, 5.41) is 10.5. The average molecular weight is 501 g/mol. The lowest BCUT2D eigenvalue weighted by Crippen LogP contribution is -2.41. The summed E-state index contributed by atoms with van der Waals surface area (Å²) in [6.45, 7) is 2.29. The van der Waals surface area contributed by atoms with Crippen LogP contribution in [-0.2, 0) is 10.0 Å². The van der Waals surface area contributed by atoms with Crippen LogP contribution in [0.4, 0.5) is 6.01 Å². The smallest absolute Gasteiger partial charge is 0.322 e. The van der Waals surface area contributed by atoms with Gasteiger partial charge in [0.2, 0.25) is 15.9 Å². The van der Waals surface area contributed by atoms with E-state index in [-0.39, 0.29) is 17.0 Å². The lowest BCUT2D eigenvalue weighted by Gasteiger charge is -2.32. The van der Waals surface area contributed by atoms with Crippen molar-refractivity contribution in [2.45, 2.75) is 54.9 Å². The van der Waals surface area contributed by atoms with E-state index < -0.39 is 15.9 Å². The number of carbonyl (C=O) groups excluding carboxylic acids is 1. The molecule has 1 N–H and O–H groups in total. The van der Waals surface area contributed by atoms with Crippen LogP contribution in [0.25, 0.3) is 11.5 Å². The molecule has 1 aliphatic carbocycles. The molecule has 1 aromatic heterocycles. The fourth-order valence-electron chi connectivity index (χ4n) is 4.22. The van der Waals surface area contributed by atoms with Crippen LogP contribution in [-0.4, -0.2) is 47.7 Å². The number of nitrogens with one attached hydrogen (secondary N) is 1. The molecule has 0 bridgehead atoms. The van der Waals surface area contributed by atoms with Gasteiger partial charge < -0.3 is 4.42 Å². The fourth-order valence-corrected chi connectivity index (χ4v) is 6.38. The lowest BCUT2D eigenvalue weighted by atomic mass is 9.95. The summed E-state index contributed by atoms with van der Waals surface area (Å²) >= 11 is 1.60. The number of benzene rings is 2. The molecule has 0 atom stereocenters. The number of nitrogens with zero attached hydrogens (tertiary/aromatic N) is 3. The maximum atomic E-state index is 13.2. The second kappa shape index (κ2) is 10.7. The van der Waals surface area contributed by atoms with E-state index in [0.29, 0.717) is 18.0 Å². The number of amides is 1. The number of rotatable bonds is 8. The Morgan fingerprint density at radius 1 is 1.12 bits per heavy atom. The third-order valence-corrected chi connectivity index (χ3v) is 8.75. The Bertz CT molecular complexity index is 1240. The van der Waals surface area contributed by atoms with Crippen molar-refractivity contribution >= 4 is 33.7 Å². The van der Waals surface area contributed by atoms with Crippen LogP contribution in [0.2, 0.25) is 0 Å². The highest BCUT2D eigenvalue weighted by Crippen LogP contribution is 2.28. The highest BCUT2D eigenvalue weighted by molar-refractivity contribution is 7.98. The zero-order valence-corrected chi connectivity index (χ0v) is 20.9. The van der Waals surface area contributed by atoms with Crippen LogP contribution in [0, 0.1) is 0 Å². The molecule has 0 radical (unpaired) electrons. The first-order valence-electron chi connectivity index (χ1n) is 11.3. The van der Waals surface area contributed by atoms with E-state index in [0.717, 1.165) is 42.6 Å². The van der Waals surface area contributed by atoms with Crippen LogP contribution in [0.3, 0.4) is 0 Å². The van der Waals surface area contributed by atoms with Crippen LogP contribution in [0.5, 0.6) is 0 Å². The largest absolute Gasteiger partial charge is 0.403 e. The van der Waals surface area contributed by atoms with Crippen molar-refractivity contribution in [3.63, 3.8) is 0 Å². The first kappa shape index (κ1) is 24.4. The molecule has 180 valence electrons. The first-order valence-corrected chi connectivity index (χ1v) is 14.0. The second-order valence-electron chi connectivity index (χ2n) is 8.12. The van der Waals surface area contributed by atoms with Gasteiger partial charge in [0.25, 0.3) is 5.91 Å². The molecule has 1 amide bonds. The Balaban J connectivity index is 1.45. The van der Waals surface area contributed by atoms with Crippen molar-refractivity contribution in [1.29, 1.82) is 0 Å². The van der Waals surface area contributed by atoms with Crippen molar-refractivity contribution in [2.24, 2.45) is 0 Å². The van der Waals surface area contributed by atoms with Gasteiger partial charge in [0, 0.05) is 28.6 Å². The third-order valence-electron chi connectivity index (χ3n) is 5.98. The maximum absolute atomic E-state index is 13.2. The maximum Gasteiger partial charge on any atom is 0.322 e. The minimum Gasteiger partial charge on any atom is -0.403 e. The summed E-state index contributed by atoms with van der Waals surface area (Å²) in [6.07, 6.45) is 7.02. The summed E-state index contributed by atoms with van der Waals surface area (Å²) in [5.74, 6) is -0.161. The van der Waals surface area contributed by atoms with Crippen LogP contribution in [0.15, 0.2) is 62.7 Å². The minimum atomic E-state index is -3.63. The van der Waals surface area contributed by atoms with Gasteiger partial charge in [0.1, 0.15) is 0 Å². The monoisotopic (exact) mass is 500 g/mol. The predicted molar refractivity (Wildman–Crippen MR) is 132 cm³/mol. The van der Waals surface area contributed by atoms with E-state index in [1.807, 2.05) is 37.4 Å². The van der Waals surface area contributed by atoms with E-state index >= 15 is 0 Å². The molecule has 2 aromatic carbocycles. The Labute approximate surface area is 204 Å². The van der Waals surface area contributed by atoms with Gasteiger partial charge in [-0.1, -0.05) is 37.4 Å². The molecule has 1 saturated carbocycles. The Hall–Kier alpha value is -2.69. The van der Waals surface area contributed by atoms with Crippen molar-refractivity contribution in [2.75, 3.05) is 18.1 Å². The molecular formula is C24H28N4O4S2. The van der Waals surface area contributed by atoms with E-state index in [9.17, 15) is 13.2 Å². The summed E-state index contributed by atoms with van der Waals surface area (Å²) in [4.78, 5) is 13.9. The molecule has 4 rings (SSSR count). The summed E-state index contributed by atoms with van der Waals surface area (Å²) in [5.41, 5.74) is 1.05. The zero-order chi connectivity index (χ0) is 24.1. The molecule has 1 aliphatic rings. The number of aromatic nitrogens is 2. The number of hydrogen-bond acceptors (Lipinski definition) is 7. The number of sulfonamides is 1. The number of anilines is 1. The van der Waals surface area contributed by atoms with Gasteiger partial charge in [-0.3, -0.25) is 10.1 Å². The Kier molecular flexibility index (Phi) is 7.70. The summed E-state index contributed by atoms with van der Waals surface area (Å²) in [6, 6.07) is 13.6. The first-order chi connectivity index (χ1) is 16.4. The van der Waals surface area contributed by atoms with Crippen LogP contribution >= 0.6 is 11.8 Å². The van der Waals surface area contributed by atoms with Gasteiger partial charge in [-0.25, -0.2) is 8.42 Å². The highest BCUT2D eigenvalue weighted by atomic mass is 32.2. The second-order valence-corrected chi connectivity index (χ2v) is 10.9. The molecule has 0 spiro atoms. The quantitative estimate of drug-likeness (QED) is 0.431. The van der Waals surface area contributed by atoms with Crippen molar-refractivity contribution < 1.29 is 17.6 Å². The normalized spacial score (nSPS) is 14.9. The van der Waals surface area contributed by atoms with Crippen molar-refractivity contribution in [3.8, 4) is 11.5 Å². The molecule has 10 heteroatoms. The van der Waals surface area contributed by atoms with E-state index in [2.05, 4.69) is 15.5 Å². The Morgan fingerprint density at radius 3 is 2.53 bits per heavy atom. The van der Waals surface area contributed by atoms with E-state index in [4.69, 9.17) is 4.42 Å². The SMILES string of the molecule is CCN(C1CCCCC1)S(=O)(=O)c1ccc(C(=O)Nc2nnc(-c3cccc(SC)c3)o2)cc1. The van der Waals surface area contributed by atoms with Gasteiger partial charge in [0.05, 0.1) is 4.90 Å². The molecular weight excluding hydrogens is 472 g/mol. The van der Waals surface area contributed by atoms with E-state index in [1.54, 1.807) is 16.1 Å². The van der Waals surface area contributed by atoms with E-state index in [1.165, 1.54) is 24.3 Å². The fraction of sp³-hybridized carbons (Fsp3) is 0.375. The Morgan fingerprint density at radius 2 is 1.85 bits per heavy atom. The zero-order valence-electron chi connectivity index (χ0n) is 19.2. The average Bonchev–Trinajstić information content (AvgIpc) is 3.33. The van der Waals surface area contributed by atoms with Gasteiger partial charge >= 0.3 is 6.01 Å². The number of thioether (sulfide) groups is 1. The van der Waals surface area contributed by atoms with Crippen LogP contribution < -0.4 is 5.32 Å². The van der Waals surface area contributed by atoms with Crippen LogP contribution in [0.1, 0.15) is 49.4 Å². The topological polar surface area (TPSA) is 105 Å². The van der Waals surface area contributed by atoms with Gasteiger partial charge in [0.15, 0.2) is 0 Å². The molecule has 0 saturated heterocycles. The lowest BCUT2D eigenvalue weighted by molar-refractivity contribution is 0.102. The molecule has 34 heavy (non-hydrogen) atoms. The molecule has 0 aliphatic heterocycles. The molecule has 3 aromatic rings. The third kappa shape index (κ3) is 5.34. The highest BCUT2D eigenvalue weighted by Gasteiger charge is 2.31. The molecule has 8 nitrogen and oxygen atoms in total. The summed E-state index contributed by atoms with van der Waals surface area (Å²) in [7, 11) is -3.63. The minimum absolute atomic E-state index is 0.0271. The number of hydrogen-bond donors (Lipinski definition) is 1. The predicted octanol–water partition coefficient (Wildman–Crippen LogP) is 5.05. The molecule has 1 fully saturated rings. The van der Waals surface area contributed by atoms with Gasteiger partial charge in [-0.05, 0) is 61.6 Å². The van der Waals surface area contributed by atoms with Gasteiger partial charge in [-0.15, -0.1) is 16.9 Å². The number of carbonyl (C=O) groups is 1. The summed E-state index contributed by atoms with van der Waals surface area (Å²) < 4.78 is 33.6.